The van der Waals surface area contributed by atoms with E-state index >= 15 is 0 Å². The minimum Gasteiger partial charge on any atom is -0.486 e. The van der Waals surface area contributed by atoms with Crippen LogP contribution in [0.2, 0.25) is 0 Å². The summed E-state index contributed by atoms with van der Waals surface area (Å²) in [4.78, 5) is 49.7. The predicted molar refractivity (Wildman–Crippen MR) is 169 cm³/mol. The summed E-state index contributed by atoms with van der Waals surface area (Å²) in [6.45, 7) is 2.28. The highest BCUT2D eigenvalue weighted by Gasteiger charge is 2.51. The molecule has 0 spiro atoms. The summed E-state index contributed by atoms with van der Waals surface area (Å²) in [6, 6.07) is 8.79. The first kappa shape index (κ1) is 31.6. The number of amides is 3. The van der Waals surface area contributed by atoms with Gasteiger partial charge in [-0.15, -0.1) is 11.3 Å². The number of fused-ring (bicyclic) bond motifs is 1. The van der Waals surface area contributed by atoms with Gasteiger partial charge in [-0.25, -0.2) is 0 Å². The molecule has 4 aliphatic carbocycles. The molecular weight excluding hydrogens is 594 g/mol. The second-order valence-electron chi connectivity index (χ2n) is 13.1. The lowest BCUT2D eigenvalue weighted by molar-refractivity contribution is -0.129. The van der Waals surface area contributed by atoms with Gasteiger partial charge >= 0.3 is 0 Å². The lowest BCUT2D eigenvalue weighted by atomic mass is 9.49. The standard InChI is InChI=1S/C34H41N3O7S/c35-30-31-27(32(40)37-33(30)41)15-28(45-31)24-3-5-26(6-4-24)44-20-25(38)2-1-8-42-10-11-43-9-7-36-29(39)19-34-16-21-12-22(17-34)14-23(13-21)18-34/h3-6,15,21-23,35H,1-2,7-14,16-20H2,(H,36,39)(H,37,40,41). The number of ketones is 1. The predicted octanol–water partition coefficient (Wildman–Crippen LogP) is 4.54. The first-order valence-corrected chi connectivity index (χ1v) is 16.8. The molecule has 11 heteroatoms. The normalized spacial score (nSPS) is 24.8. The third-order valence-corrected chi connectivity index (χ3v) is 10.8. The molecule has 0 radical (unpaired) electrons. The van der Waals surface area contributed by atoms with Crippen LogP contribution in [-0.2, 0) is 23.9 Å². The molecule has 4 saturated carbocycles. The Morgan fingerprint density at radius 2 is 1.60 bits per heavy atom. The molecule has 0 saturated heterocycles. The van der Waals surface area contributed by atoms with E-state index in [-0.39, 0.29) is 29.4 Å². The molecule has 2 heterocycles. The Morgan fingerprint density at radius 1 is 0.933 bits per heavy atom. The highest BCUT2D eigenvalue weighted by Crippen LogP contribution is 2.61. The first-order chi connectivity index (χ1) is 21.8. The second kappa shape index (κ2) is 13.9. The number of carbonyl (C=O) groups is 4. The molecule has 45 heavy (non-hydrogen) atoms. The summed E-state index contributed by atoms with van der Waals surface area (Å²) in [5.41, 5.74) is 1.19. The van der Waals surface area contributed by atoms with Crippen LogP contribution in [-0.4, -0.2) is 68.8 Å². The second-order valence-corrected chi connectivity index (χ2v) is 14.2. The zero-order valence-electron chi connectivity index (χ0n) is 25.5. The summed E-state index contributed by atoms with van der Waals surface area (Å²) < 4.78 is 16.8. The number of nitrogens with one attached hydrogen (secondary N) is 3. The molecule has 0 unspecified atom stereocenters. The van der Waals surface area contributed by atoms with Crippen molar-refractivity contribution in [2.45, 2.75) is 57.8 Å². The Morgan fingerprint density at radius 3 is 2.29 bits per heavy atom. The fourth-order valence-corrected chi connectivity index (χ4v) is 9.15. The van der Waals surface area contributed by atoms with Crippen LogP contribution in [0.3, 0.4) is 0 Å². The third-order valence-electron chi connectivity index (χ3n) is 9.58. The molecule has 1 aromatic heterocycles. The lowest BCUT2D eigenvalue weighted by Gasteiger charge is -2.56. The Hall–Kier alpha value is -3.41. The molecule has 3 amide bonds. The Bertz CT molecular complexity index is 1410. The van der Waals surface area contributed by atoms with Crippen LogP contribution < -0.4 is 15.4 Å². The Labute approximate surface area is 267 Å². The van der Waals surface area contributed by atoms with E-state index in [0.29, 0.717) is 68.4 Å². The number of carbonyl (C=O) groups excluding carboxylic acids is 4. The number of ether oxygens (including phenoxy) is 3. The van der Waals surface area contributed by atoms with Crippen molar-refractivity contribution in [2.24, 2.45) is 23.2 Å². The zero-order chi connectivity index (χ0) is 31.4. The largest absolute Gasteiger partial charge is 0.486 e. The third kappa shape index (κ3) is 7.70. The SMILES string of the molecule is N=C1C(=O)NC(=O)c2cc(-c3ccc(OCC(=O)CCCOCCOCCNC(=O)CC45CC6CC(CC(C6)C4)C5)cc3)sc21. The van der Waals surface area contributed by atoms with Gasteiger partial charge in [0, 0.05) is 30.9 Å². The van der Waals surface area contributed by atoms with Crippen LogP contribution in [0, 0.1) is 28.6 Å². The highest BCUT2D eigenvalue weighted by atomic mass is 32.1. The number of imide groups is 1. The van der Waals surface area contributed by atoms with E-state index in [1.165, 1.54) is 49.9 Å². The molecule has 4 bridgehead atoms. The van der Waals surface area contributed by atoms with Crippen molar-refractivity contribution in [3.05, 3.63) is 40.8 Å². The smallest absolute Gasteiger partial charge is 0.277 e. The maximum Gasteiger partial charge on any atom is 0.277 e. The van der Waals surface area contributed by atoms with E-state index in [2.05, 4.69) is 10.6 Å². The van der Waals surface area contributed by atoms with Gasteiger partial charge in [-0.05, 0) is 104 Å². The van der Waals surface area contributed by atoms with E-state index in [1.807, 2.05) is 12.1 Å². The monoisotopic (exact) mass is 635 g/mol. The summed E-state index contributed by atoms with van der Waals surface area (Å²) in [7, 11) is 0. The van der Waals surface area contributed by atoms with Crippen LogP contribution in [0.1, 0.15) is 73.0 Å². The molecule has 10 nitrogen and oxygen atoms in total. The highest BCUT2D eigenvalue weighted by molar-refractivity contribution is 7.18. The van der Waals surface area contributed by atoms with Gasteiger partial charge < -0.3 is 19.5 Å². The average molecular weight is 636 g/mol. The Balaban J connectivity index is 0.787. The van der Waals surface area contributed by atoms with Crippen LogP contribution in [0.4, 0.5) is 0 Å². The van der Waals surface area contributed by atoms with E-state index in [0.717, 1.165) is 28.2 Å². The van der Waals surface area contributed by atoms with Gasteiger partial charge in [-0.3, -0.25) is 29.9 Å². The molecule has 240 valence electrons. The molecule has 2 aromatic rings. The molecule has 5 aliphatic rings. The lowest BCUT2D eigenvalue weighted by Crippen LogP contribution is -2.48. The maximum atomic E-state index is 12.6. The summed E-state index contributed by atoms with van der Waals surface area (Å²) in [5, 5.41) is 13.1. The van der Waals surface area contributed by atoms with Gasteiger partial charge in [-0.2, -0.15) is 0 Å². The van der Waals surface area contributed by atoms with Crippen molar-refractivity contribution in [1.82, 2.24) is 10.6 Å². The molecule has 7 rings (SSSR count). The van der Waals surface area contributed by atoms with Gasteiger partial charge in [0.25, 0.3) is 11.8 Å². The number of Topliss-reactive ketones (excluding diaryl/α,β-unsaturated/α-hetero) is 1. The summed E-state index contributed by atoms with van der Waals surface area (Å²) >= 11 is 1.22. The number of thiophene rings is 1. The van der Waals surface area contributed by atoms with E-state index in [4.69, 9.17) is 19.6 Å². The quantitative estimate of drug-likeness (QED) is 0.182. The minimum absolute atomic E-state index is 0.0247. The molecule has 1 aromatic carbocycles. The first-order valence-electron chi connectivity index (χ1n) is 16.0. The van der Waals surface area contributed by atoms with Crippen LogP contribution >= 0.6 is 11.3 Å². The van der Waals surface area contributed by atoms with Crippen molar-refractivity contribution >= 4 is 40.6 Å². The topological polar surface area (TPSA) is 144 Å². The van der Waals surface area contributed by atoms with Crippen LogP contribution in [0.15, 0.2) is 30.3 Å². The summed E-state index contributed by atoms with van der Waals surface area (Å²) in [6.07, 6.45) is 9.52. The van der Waals surface area contributed by atoms with Gasteiger partial charge in [0.2, 0.25) is 5.91 Å². The van der Waals surface area contributed by atoms with Crippen LogP contribution in [0.5, 0.6) is 5.75 Å². The van der Waals surface area contributed by atoms with Gasteiger partial charge in [0.1, 0.15) is 18.1 Å². The van der Waals surface area contributed by atoms with Crippen molar-refractivity contribution in [1.29, 1.82) is 5.41 Å². The average Bonchev–Trinajstić information content (AvgIpc) is 3.46. The fourth-order valence-electron chi connectivity index (χ4n) is 8.04. The van der Waals surface area contributed by atoms with Gasteiger partial charge in [0.05, 0.1) is 30.3 Å². The fraction of sp³-hybridized carbons (Fsp3) is 0.559. The molecule has 1 aliphatic heterocycles. The zero-order valence-corrected chi connectivity index (χ0v) is 26.3. The van der Waals surface area contributed by atoms with Crippen molar-refractivity contribution in [2.75, 3.05) is 39.6 Å². The number of hydrogen-bond donors (Lipinski definition) is 3. The Kier molecular flexibility index (Phi) is 9.77. The van der Waals surface area contributed by atoms with Gasteiger partial charge in [0.15, 0.2) is 5.78 Å². The number of benzene rings is 1. The van der Waals surface area contributed by atoms with Crippen molar-refractivity contribution < 1.29 is 33.4 Å². The van der Waals surface area contributed by atoms with Crippen molar-refractivity contribution in [3.8, 4) is 16.2 Å². The van der Waals surface area contributed by atoms with Crippen LogP contribution in [0.25, 0.3) is 10.4 Å². The maximum absolute atomic E-state index is 12.6. The molecule has 3 N–H and O–H groups in total. The molecule has 0 atom stereocenters. The molecule has 4 fully saturated rings. The van der Waals surface area contributed by atoms with E-state index in [9.17, 15) is 19.2 Å². The number of hydrogen-bond acceptors (Lipinski definition) is 9. The molecular formula is C34H41N3O7S. The number of rotatable bonds is 16. The van der Waals surface area contributed by atoms with E-state index in [1.54, 1.807) is 18.2 Å². The van der Waals surface area contributed by atoms with E-state index < -0.39 is 11.8 Å². The summed E-state index contributed by atoms with van der Waals surface area (Å²) in [5.74, 6) is 2.07. The minimum atomic E-state index is -0.690. The van der Waals surface area contributed by atoms with Gasteiger partial charge in [-0.1, -0.05) is 0 Å². The van der Waals surface area contributed by atoms with Crippen molar-refractivity contribution in [3.63, 3.8) is 0 Å².